The third kappa shape index (κ3) is 33.5. The predicted molar refractivity (Wildman–Crippen MR) is 194 cm³/mol. The number of carbonyl (C=O) groups excluding carboxylic acids is 2. The Bertz CT molecular complexity index is 970. The Morgan fingerprint density at radius 2 is 1.07 bits per heavy atom. The minimum absolute atomic E-state index is 0.0662. The van der Waals surface area contributed by atoms with E-state index in [2.05, 4.69) is 104 Å². The van der Waals surface area contributed by atoms with Gasteiger partial charge in [0, 0.05) is 12.8 Å². The molecule has 0 fully saturated rings. The minimum Gasteiger partial charge on any atom is -0.480 e. The Kier molecular flexibility index (Phi) is 31.9. The van der Waals surface area contributed by atoms with Crippen LogP contribution < -0.4 is 5.32 Å². The van der Waals surface area contributed by atoms with Crippen molar-refractivity contribution < 1.29 is 24.2 Å². The Hall–Kier alpha value is -3.41. The highest BCUT2D eigenvalue weighted by Crippen LogP contribution is 2.16. The van der Waals surface area contributed by atoms with E-state index in [-0.39, 0.29) is 24.5 Å². The van der Waals surface area contributed by atoms with Crippen molar-refractivity contribution in [1.29, 1.82) is 0 Å². The monoisotopic (exact) mass is 637 g/mol. The number of carboxylic acid groups (broad SMARTS) is 1. The molecule has 258 valence electrons. The topological polar surface area (TPSA) is 92.7 Å². The van der Waals surface area contributed by atoms with Gasteiger partial charge in [-0.25, -0.2) is 0 Å². The molecule has 0 rings (SSSR count). The molecule has 0 saturated heterocycles. The number of aliphatic carboxylic acids is 1. The third-order valence-electron chi connectivity index (χ3n) is 7.08. The average molecular weight is 638 g/mol. The van der Waals surface area contributed by atoms with Crippen molar-refractivity contribution in [2.24, 2.45) is 0 Å². The van der Waals surface area contributed by atoms with Gasteiger partial charge in [-0.2, -0.15) is 0 Å². The van der Waals surface area contributed by atoms with Crippen molar-refractivity contribution in [3.63, 3.8) is 0 Å². The summed E-state index contributed by atoms with van der Waals surface area (Å²) >= 11 is 0. The van der Waals surface area contributed by atoms with Crippen LogP contribution in [0.1, 0.15) is 136 Å². The normalized spacial score (nSPS) is 13.1. The van der Waals surface area contributed by atoms with Crippen molar-refractivity contribution in [3.8, 4) is 0 Å². The molecule has 0 aliphatic carbocycles. The fraction of sp³-hybridized carbons (Fsp3) is 0.575. The van der Waals surface area contributed by atoms with E-state index >= 15 is 0 Å². The van der Waals surface area contributed by atoms with Gasteiger partial charge in [-0.1, -0.05) is 118 Å². The van der Waals surface area contributed by atoms with Crippen LogP contribution in [0.3, 0.4) is 0 Å². The van der Waals surface area contributed by atoms with Gasteiger partial charge in [0.1, 0.15) is 12.6 Å². The Labute approximate surface area is 280 Å². The number of carboxylic acids is 1. The number of allylic oxidation sites excluding steroid dienone is 14. The maximum absolute atomic E-state index is 12.4. The van der Waals surface area contributed by atoms with Crippen LogP contribution in [0.2, 0.25) is 0 Å². The van der Waals surface area contributed by atoms with Crippen LogP contribution in [0.15, 0.2) is 85.1 Å². The van der Waals surface area contributed by atoms with E-state index in [0.29, 0.717) is 19.3 Å². The summed E-state index contributed by atoms with van der Waals surface area (Å²) < 4.78 is 5.80. The molecule has 0 aliphatic heterocycles. The second-order valence-corrected chi connectivity index (χ2v) is 11.4. The number of ether oxygens (including phenoxy) is 1. The largest absolute Gasteiger partial charge is 0.480 e. The zero-order valence-corrected chi connectivity index (χ0v) is 28.9. The van der Waals surface area contributed by atoms with E-state index in [1.807, 2.05) is 0 Å². The quantitative estimate of drug-likeness (QED) is 0.0464. The van der Waals surface area contributed by atoms with Gasteiger partial charge in [-0.3, -0.25) is 14.4 Å². The Morgan fingerprint density at radius 1 is 0.587 bits per heavy atom. The molecule has 0 aromatic rings. The zero-order chi connectivity index (χ0) is 33.8. The molecule has 46 heavy (non-hydrogen) atoms. The van der Waals surface area contributed by atoms with Gasteiger partial charge in [0.15, 0.2) is 0 Å². The number of unbranched alkanes of at least 4 members (excludes halogenated alkanes) is 5. The number of hydrogen-bond donors (Lipinski definition) is 2. The first kappa shape index (κ1) is 42.6. The molecule has 2 N–H and O–H groups in total. The molecular weight excluding hydrogens is 574 g/mol. The van der Waals surface area contributed by atoms with Crippen LogP contribution in [0.25, 0.3) is 0 Å². The first-order chi connectivity index (χ1) is 22.5. The fourth-order valence-electron chi connectivity index (χ4n) is 4.50. The SMILES string of the molecule is CC/C=C\C/C=C\C/C=C\C/C=C\C/C=C\C/C=C\C/C=C\CCCC(=O)OC(CCCCC)CCCCCC(=O)NCC(=O)O. The maximum Gasteiger partial charge on any atom is 0.322 e. The standard InChI is InChI=1S/C40H63NO5/c1-3-5-7-8-9-10-11-12-13-14-15-16-17-18-19-20-21-22-23-24-25-26-31-35-40(45)46-37(32-28-6-4-2)33-29-27-30-34-38(42)41-36-39(43)44/h5,7,9-10,12-13,15-16,18-19,21-22,24-25,37H,3-4,6,8,11,14,17,20,23,26-36H2,1-2H3,(H,41,42)(H,43,44)/b7-5-,10-9-,13-12-,16-15-,19-18-,22-21-,25-24-. The van der Waals surface area contributed by atoms with Gasteiger partial charge in [0.25, 0.3) is 0 Å². The van der Waals surface area contributed by atoms with E-state index in [0.717, 1.165) is 103 Å². The smallest absolute Gasteiger partial charge is 0.322 e. The van der Waals surface area contributed by atoms with Crippen LogP contribution in [-0.2, 0) is 19.1 Å². The molecule has 6 nitrogen and oxygen atoms in total. The Balaban J connectivity index is 3.97. The van der Waals surface area contributed by atoms with Crippen LogP contribution >= 0.6 is 0 Å². The molecule has 0 radical (unpaired) electrons. The number of hydrogen-bond acceptors (Lipinski definition) is 4. The molecule has 6 heteroatoms. The lowest BCUT2D eigenvalue weighted by Gasteiger charge is -2.18. The molecule has 0 aromatic heterocycles. The van der Waals surface area contributed by atoms with Crippen molar-refractivity contribution in [2.45, 2.75) is 142 Å². The maximum atomic E-state index is 12.4. The van der Waals surface area contributed by atoms with E-state index in [1.165, 1.54) is 0 Å². The average Bonchev–Trinajstić information content (AvgIpc) is 3.03. The molecule has 0 spiro atoms. The summed E-state index contributed by atoms with van der Waals surface area (Å²) in [5.74, 6) is -1.40. The van der Waals surface area contributed by atoms with E-state index in [9.17, 15) is 14.4 Å². The third-order valence-corrected chi connectivity index (χ3v) is 7.08. The predicted octanol–water partition coefficient (Wildman–Crippen LogP) is 10.4. The van der Waals surface area contributed by atoms with E-state index < -0.39 is 5.97 Å². The highest BCUT2D eigenvalue weighted by atomic mass is 16.5. The number of carbonyl (C=O) groups is 3. The number of esters is 1. The van der Waals surface area contributed by atoms with Crippen molar-refractivity contribution in [3.05, 3.63) is 85.1 Å². The van der Waals surface area contributed by atoms with Crippen LogP contribution in [0.5, 0.6) is 0 Å². The van der Waals surface area contributed by atoms with Gasteiger partial charge >= 0.3 is 11.9 Å². The van der Waals surface area contributed by atoms with Crippen LogP contribution in [0, 0.1) is 0 Å². The zero-order valence-electron chi connectivity index (χ0n) is 28.9. The van der Waals surface area contributed by atoms with E-state index in [1.54, 1.807) is 0 Å². The fourth-order valence-corrected chi connectivity index (χ4v) is 4.50. The molecule has 0 bridgehead atoms. The molecule has 0 saturated carbocycles. The second-order valence-electron chi connectivity index (χ2n) is 11.4. The van der Waals surface area contributed by atoms with Gasteiger partial charge in [-0.15, -0.1) is 0 Å². The van der Waals surface area contributed by atoms with Gasteiger partial charge < -0.3 is 15.2 Å². The molecule has 0 aromatic carbocycles. The van der Waals surface area contributed by atoms with Crippen molar-refractivity contribution in [2.75, 3.05) is 6.54 Å². The molecule has 0 heterocycles. The van der Waals surface area contributed by atoms with Crippen molar-refractivity contribution >= 4 is 17.8 Å². The summed E-state index contributed by atoms with van der Waals surface area (Å²) in [4.78, 5) is 34.6. The lowest BCUT2D eigenvalue weighted by molar-refractivity contribution is -0.150. The number of nitrogens with one attached hydrogen (secondary N) is 1. The van der Waals surface area contributed by atoms with Crippen molar-refractivity contribution in [1.82, 2.24) is 5.32 Å². The summed E-state index contributed by atoms with van der Waals surface area (Å²) in [6.07, 6.45) is 47.4. The first-order valence-corrected chi connectivity index (χ1v) is 17.7. The summed E-state index contributed by atoms with van der Waals surface area (Å²) in [5.41, 5.74) is 0. The minimum atomic E-state index is -1.04. The summed E-state index contributed by atoms with van der Waals surface area (Å²) in [6.45, 7) is 3.97. The van der Waals surface area contributed by atoms with Gasteiger partial charge in [0.2, 0.25) is 5.91 Å². The highest BCUT2D eigenvalue weighted by Gasteiger charge is 2.14. The summed E-state index contributed by atoms with van der Waals surface area (Å²) in [6, 6.07) is 0. The number of rotatable bonds is 30. The lowest BCUT2D eigenvalue weighted by atomic mass is 10.0. The Morgan fingerprint density at radius 3 is 1.54 bits per heavy atom. The van der Waals surface area contributed by atoms with Gasteiger partial charge in [-0.05, 0) is 89.9 Å². The molecule has 0 aliphatic rings. The van der Waals surface area contributed by atoms with Gasteiger partial charge in [0.05, 0.1) is 0 Å². The second kappa shape index (κ2) is 34.5. The van der Waals surface area contributed by atoms with Crippen LogP contribution in [-0.4, -0.2) is 35.6 Å². The number of amides is 1. The molecule has 1 atom stereocenters. The molecule has 1 amide bonds. The summed E-state index contributed by atoms with van der Waals surface area (Å²) in [5, 5.41) is 11.0. The van der Waals surface area contributed by atoms with E-state index in [4.69, 9.17) is 9.84 Å². The first-order valence-electron chi connectivity index (χ1n) is 17.7. The summed E-state index contributed by atoms with van der Waals surface area (Å²) in [7, 11) is 0. The highest BCUT2D eigenvalue weighted by molar-refractivity contribution is 5.80. The lowest BCUT2D eigenvalue weighted by Crippen LogP contribution is -2.28. The van der Waals surface area contributed by atoms with Crippen LogP contribution in [0.4, 0.5) is 0 Å². The molecule has 1 unspecified atom stereocenters. The molecular formula is C40H63NO5.